The van der Waals surface area contributed by atoms with E-state index < -0.39 is 41.5 Å². The number of hydrogen-bond acceptors (Lipinski definition) is 9. The first-order valence-corrected chi connectivity index (χ1v) is 10.5. The quantitative estimate of drug-likeness (QED) is 0.154. The van der Waals surface area contributed by atoms with Crippen LogP contribution in [-0.4, -0.2) is 86.4 Å². The van der Waals surface area contributed by atoms with Crippen LogP contribution in [-0.2, 0) is 10.2 Å². The second-order valence-electron chi connectivity index (χ2n) is 9.49. The molecule has 4 heterocycles. The lowest BCUT2D eigenvalue weighted by molar-refractivity contribution is -0.672. The van der Waals surface area contributed by atoms with Crippen molar-refractivity contribution >= 4 is 23.8 Å². The van der Waals surface area contributed by atoms with Gasteiger partial charge in [0.25, 0.3) is 17.4 Å². The van der Waals surface area contributed by atoms with Crippen molar-refractivity contribution < 1.29 is 39.2 Å². The monoisotopic (exact) mass is 461 g/mol. The molecule has 1 amide bonds. The van der Waals surface area contributed by atoms with Crippen molar-refractivity contribution in [2.45, 2.75) is 48.8 Å². The second-order valence-corrected chi connectivity index (χ2v) is 9.49. The third kappa shape index (κ3) is 2.66. The minimum Gasteiger partial charge on any atom is -0.492 e. The molecular formula is C20H27N7O6+2. The van der Waals surface area contributed by atoms with Crippen molar-refractivity contribution in [1.82, 2.24) is 16.0 Å². The van der Waals surface area contributed by atoms with Gasteiger partial charge in [-0.3, -0.25) is 26.6 Å². The maximum absolute atomic E-state index is 13.2. The molecule has 176 valence electrons. The summed E-state index contributed by atoms with van der Waals surface area (Å²) in [5.41, 5.74) is 11.0. The molecule has 13 heteroatoms. The summed E-state index contributed by atoms with van der Waals surface area (Å²) < 4.78 is 7.14. The third-order valence-electron chi connectivity index (χ3n) is 6.99. The van der Waals surface area contributed by atoms with Gasteiger partial charge < -0.3 is 25.4 Å². The number of ether oxygens (including phenoxy) is 1. The lowest BCUT2D eigenvalue weighted by Crippen LogP contribution is -2.92. The number of carbonyl (C=O) groups excluding carboxylic acids is 1. The number of nitrogens with two attached hydrogens (primary N) is 2. The Kier molecular flexibility index (Phi) is 4.18. The van der Waals surface area contributed by atoms with Crippen molar-refractivity contribution in [2.75, 3.05) is 13.2 Å². The number of carboxylic acid groups (broad SMARTS) is 1. The SMILES string of the molecule is CC1(C)COc2c(C(=O)N[C@H]3C[N+]4=C(N)NC(C(=O)O)[C@@H]5[NH+]=C(N)N[C@@]54C3(O)O)cccc21. The number of benzene rings is 1. The Labute approximate surface area is 188 Å². The van der Waals surface area contributed by atoms with Crippen molar-refractivity contribution in [3.8, 4) is 5.75 Å². The van der Waals surface area contributed by atoms with Gasteiger partial charge in [0.15, 0.2) is 6.04 Å². The lowest BCUT2D eigenvalue weighted by atomic mass is 9.85. The van der Waals surface area contributed by atoms with Gasteiger partial charge in [0, 0.05) is 11.0 Å². The number of aliphatic hydroxyl groups is 2. The van der Waals surface area contributed by atoms with Gasteiger partial charge >= 0.3 is 17.9 Å². The summed E-state index contributed by atoms with van der Waals surface area (Å²) in [6, 6.07) is 1.53. The van der Waals surface area contributed by atoms with Gasteiger partial charge in [-0.15, -0.1) is 0 Å². The number of rotatable bonds is 3. The summed E-state index contributed by atoms with van der Waals surface area (Å²) >= 11 is 0. The van der Waals surface area contributed by atoms with Gasteiger partial charge in [-0.2, -0.15) is 0 Å². The summed E-state index contributed by atoms with van der Waals surface area (Å²) in [6.07, 6.45) is 0. The Morgan fingerprint density at radius 2 is 2.03 bits per heavy atom. The average molecular weight is 461 g/mol. The van der Waals surface area contributed by atoms with E-state index in [1.807, 2.05) is 19.9 Å². The molecule has 1 fully saturated rings. The number of guanidine groups is 2. The normalized spacial score (nSPS) is 32.5. The Balaban J connectivity index is 1.51. The molecule has 5 rings (SSSR count). The highest BCUT2D eigenvalue weighted by Crippen LogP contribution is 2.41. The molecule has 1 saturated heterocycles. The molecule has 4 aliphatic heterocycles. The first-order chi connectivity index (χ1) is 15.4. The molecule has 1 aromatic carbocycles. The van der Waals surface area contributed by atoms with Crippen LogP contribution in [0, 0.1) is 0 Å². The molecule has 0 radical (unpaired) electrons. The number of carboxylic acids is 1. The van der Waals surface area contributed by atoms with Crippen LogP contribution >= 0.6 is 0 Å². The zero-order chi connectivity index (χ0) is 23.9. The number of hydrogen-bond donors (Lipinski definition) is 9. The molecule has 13 nitrogen and oxygen atoms in total. The van der Waals surface area contributed by atoms with Crippen LogP contribution in [0.3, 0.4) is 0 Å². The van der Waals surface area contributed by atoms with E-state index in [9.17, 15) is 24.9 Å². The molecule has 1 unspecified atom stereocenters. The van der Waals surface area contributed by atoms with Gasteiger partial charge in [0.1, 0.15) is 11.8 Å². The number of nitrogens with one attached hydrogen (secondary N) is 4. The van der Waals surface area contributed by atoms with E-state index in [2.05, 4.69) is 20.9 Å². The molecule has 4 aliphatic rings. The number of fused-ring (bicyclic) bond motifs is 1. The molecule has 33 heavy (non-hydrogen) atoms. The third-order valence-corrected chi connectivity index (χ3v) is 6.99. The fourth-order valence-electron chi connectivity index (χ4n) is 5.32. The fraction of sp³-hybridized carbons (Fsp3) is 0.500. The number of nitrogens with zero attached hydrogens (tertiary/aromatic N) is 1. The maximum atomic E-state index is 13.2. The van der Waals surface area contributed by atoms with Crippen molar-refractivity contribution in [3.63, 3.8) is 0 Å². The summed E-state index contributed by atoms with van der Waals surface area (Å²) in [5.74, 6) is -4.21. The van der Waals surface area contributed by atoms with E-state index in [4.69, 9.17) is 16.2 Å². The number of aliphatic carboxylic acids is 1. The molecule has 1 aromatic rings. The standard InChI is InChI=1S/C20H25N7O6/c1-18(2)7-33-12-8(4-3-5-9(12)18)14(28)23-10-6-27-17(22)24-11(15(29)30)13-19(27,20(10,31)32)26-16(21)25-13/h3-5,10-11,13,31-32H,6-7H2,1-2H3,(H7,21,22,23,24,25,26,28,29,30)/p+2/t10-,11?,13-,19-/m0/s1. The minimum atomic E-state index is -2.67. The smallest absolute Gasteiger partial charge is 0.347 e. The molecule has 0 saturated carbocycles. The topological polar surface area (TPSA) is 209 Å². The fourth-order valence-corrected chi connectivity index (χ4v) is 5.32. The van der Waals surface area contributed by atoms with Crippen LogP contribution < -0.4 is 37.1 Å². The minimum absolute atomic E-state index is 0.0521. The van der Waals surface area contributed by atoms with E-state index in [0.717, 1.165) is 5.56 Å². The largest absolute Gasteiger partial charge is 0.492 e. The Morgan fingerprint density at radius 3 is 2.73 bits per heavy atom. The van der Waals surface area contributed by atoms with Gasteiger partial charge in [0.2, 0.25) is 6.04 Å². The van der Waals surface area contributed by atoms with E-state index in [1.54, 1.807) is 12.1 Å². The Hall–Kier alpha value is -3.58. The summed E-state index contributed by atoms with van der Waals surface area (Å²) in [5, 5.41) is 40.4. The molecule has 1 spiro atoms. The van der Waals surface area contributed by atoms with Crippen LogP contribution in [0.5, 0.6) is 5.75 Å². The summed E-state index contributed by atoms with van der Waals surface area (Å²) in [6.45, 7) is 4.29. The molecule has 0 aromatic heterocycles. The maximum Gasteiger partial charge on any atom is 0.347 e. The first-order valence-electron chi connectivity index (χ1n) is 10.5. The van der Waals surface area contributed by atoms with E-state index in [1.165, 1.54) is 4.58 Å². The number of amides is 1. The second kappa shape index (κ2) is 6.48. The predicted octanol–water partition coefficient (Wildman–Crippen LogP) is -5.40. The zero-order valence-electron chi connectivity index (χ0n) is 18.0. The molecule has 4 atom stereocenters. The van der Waals surface area contributed by atoms with Gasteiger partial charge in [-0.25, -0.2) is 14.7 Å². The summed E-state index contributed by atoms with van der Waals surface area (Å²) in [4.78, 5) is 27.8. The molecule has 0 aliphatic carbocycles. The zero-order valence-corrected chi connectivity index (χ0v) is 18.0. The van der Waals surface area contributed by atoms with Crippen molar-refractivity contribution in [1.29, 1.82) is 0 Å². The first kappa shape index (κ1) is 21.3. The van der Waals surface area contributed by atoms with Gasteiger partial charge in [-0.1, -0.05) is 26.0 Å². The van der Waals surface area contributed by atoms with E-state index in [0.29, 0.717) is 12.4 Å². The van der Waals surface area contributed by atoms with Crippen molar-refractivity contribution in [2.24, 2.45) is 11.5 Å². The highest BCUT2D eigenvalue weighted by molar-refractivity contribution is 5.98. The Morgan fingerprint density at radius 1 is 1.30 bits per heavy atom. The Bertz CT molecular complexity index is 1150. The van der Waals surface area contributed by atoms with Crippen LogP contribution in [0.2, 0.25) is 0 Å². The lowest BCUT2D eigenvalue weighted by Gasteiger charge is -2.39. The van der Waals surface area contributed by atoms with Gasteiger partial charge in [-0.05, 0) is 6.07 Å². The van der Waals surface area contributed by atoms with E-state index in [-0.39, 0.29) is 29.4 Å². The molecule has 11 N–H and O–H groups in total. The van der Waals surface area contributed by atoms with Crippen LogP contribution in [0.1, 0.15) is 29.8 Å². The highest BCUT2D eigenvalue weighted by Gasteiger charge is 2.79. The number of para-hydroxylation sites is 1. The highest BCUT2D eigenvalue weighted by atomic mass is 16.5. The molecule has 0 bridgehead atoms. The van der Waals surface area contributed by atoms with Crippen LogP contribution in [0.4, 0.5) is 0 Å². The number of carbonyl (C=O) groups is 2. The molecular weight excluding hydrogens is 434 g/mol. The van der Waals surface area contributed by atoms with E-state index >= 15 is 0 Å². The van der Waals surface area contributed by atoms with Crippen molar-refractivity contribution in [3.05, 3.63) is 29.3 Å². The average Bonchev–Trinajstić information content (AvgIpc) is 3.32. The summed E-state index contributed by atoms with van der Waals surface area (Å²) in [7, 11) is 0. The van der Waals surface area contributed by atoms with Crippen LogP contribution in [0.25, 0.3) is 0 Å². The predicted molar refractivity (Wildman–Crippen MR) is 112 cm³/mol. The van der Waals surface area contributed by atoms with Gasteiger partial charge in [0.05, 0.1) is 18.7 Å². The van der Waals surface area contributed by atoms with Crippen LogP contribution in [0.15, 0.2) is 18.2 Å².